The Balaban J connectivity index is 2.03. The molecule has 3 atom stereocenters. The summed E-state index contributed by atoms with van der Waals surface area (Å²) in [5.74, 6) is 0. The van der Waals surface area contributed by atoms with Crippen LogP contribution in [0.1, 0.15) is 25.7 Å². The minimum atomic E-state index is 0.427. The van der Waals surface area contributed by atoms with Crippen LogP contribution < -0.4 is 5.73 Å². The van der Waals surface area contributed by atoms with E-state index in [4.69, 9.17) is 10.5 Å². The van der Waals surface area contributed by atoms with Crippen molar-refractivity contribution in [2.24, 2.45) is 5.73 Å². The van der Waals surface area contributed by atoms with Gasteiger partial charge in [-0.3, -0.25) is 0 Å². The molecular weight excluding hydrogens is 114 g/mol. The lowest BCUT2D eigenvalue weighted by Gasteiger charge is -2.24. The number of hydrogen-bond acceptors (Lipinski definition) is 2. The molecule has 0 aromatic carbocycles. The van der Waals surface area contributed by atoms with Crippen LogP contribution in [0.25, 0.3) is 0 Å². The Labute approximate surface area is 55.4 Å². The zero-order chi connectivity index (χ0) is 6.27. The fourth-order valence-electron chi connectivity index (χ4n) is 1.90. The standard InChI is InChI=1S/C7H13NO/c8-5-3-6-1-2-7(4-5)9-6/h5-7H,1-4,8H2/t5?,6-,7?/m0/s1. The van der Waals surface area contributed by atoms with Gasteiger partial charge in [0.05, 0.1) is 12.2 Å². The number of nitrogens with two attached hydrogens (primary N) is 1. The molecule has 0 aromatic heterocycles. The molecule has 2 nitrogen and oxygen atoms in total. The van der Waals surface area contributed by atoms with Gasteiger partial charge in [-0.15, -0.1) is 0 Å². The van der Waals surface area contributed by atoms with Gasteiger partial charge in [-0.2, -0.15) is 0 Å². The second-order valence-electron chi connectivity index (χ2n) is 3.19. The Morgan fingerprint density at radius 2 is 1.67 bits per heavy atom. The van der Waals surface area contributed by atoms with Gasteiger partial charge < -0.3 is 10.5 Å². The summed E-state index contributed by atoms with van der Waals surface area (Å²) in [6.45, 7) is 0. The normalized spacial score (nSPS) is 49.7. The van der Waals surface area contributed by atoms with E-state index >= 15 is 0 Å². The number of ether oxygens (including phenoxy) is 1. The lowest BCUT2D eigenvalue weighted by molar-refractivity contribution is -0.00236. The van der Waals surface area contributed by atoms with Gasteiger partial charge in [0.25, 0.3) is 0 Å². The molecule has 9 heavy (non-hydrogen) atoms. The highest BCUT2D eigenvalue weighted by Gasteiger charge is 2.32. The smallest absolute Gasteiger partial charge is 0.0594 e. The van der Waals surface area contributed by atoms with Crippen molar-refractivity contribution in [3.8, 4) is 0 Å². The van der Waals surface area contributed by atoms with Crippen molar-refractivity contribution in [3.63, 3.8) is 0 Å². The van der Waals surface area contributed by atoms with Gasteiger partial charge in [0.2, 0.25) is 0 Å². The van der Waals surface area contributed by atoms with Crippen molar-refractivity contribution in [1.82, 2.24) is 0 Å². The van der Waals surface area contributed by atoms with Crippen LogP contribution in [0.5, 0.6) is 0 Å². The van der Waals surface area contributed by atoms with Crippen molar-refractivity contribution in [2.45, 2.75) is 43.9 Å². The maximum atomic E-state index is 5.78. The summed E-state index contributed by atoms with van der Waals surface area (Å²) in [7, 11) is 0. The summed E-state index contributed by atoms with van der Waals surface area (Å²) in [6, 6.07) is 0.427. The summed E-state index contributed by atoms with van der Waals surface area (Å²) in [6.07, 6.45) is 5.71. The third kappa shape index (κ3) is 0.970. The lowest BCUT2D eigenvalue weighted by atomic mass is 10.1. The minimum absolute atomic E-state index is 0.427. The summed E-state index contributed by atoms with van der Waals surface area (Å²) in [4.78, 5) is 0. The van der Waals surface area contributed by atoms with E-state index in [2.05, 4.69) is 0 Å². The number of hydrogen-bond donors (Lipinski definition) is 1. The van der Waals surface area contributed by atoms with Crippen LogP contribution >= 0.6 is 0 Å². The molecule has 0 saturated carbocycles. The SMILES string of the molecule is NC1CC2CC[C@@H](C1)O2. The predicted molar refractivity (Wildman–Crippen MR) is 35.1 cm³/mol. The first-order chi connectivity index (χ1) is 4.34. The second-order valence-corrected chi connectivity index (χ2v) is 3.19. The molecule has 2 aliphatic heterocycles. The highest BCUT2D eigenvalue weighted by Crippen LogP contribution is 2.31. The molecule has 2 heterocycles. The Morgan fingerprint density at radius 1 is 1.11 bits per heavy atom. The molecule has 2 bridgehead atoms. The van der Waals surface area contributed by atoms with Gasteiger partial charge in [0.1, 0.15) is 0 Å². The summed E-state index contributed by atoms with van der Waals surface area (Å²) < 4.78 is 5.59. The molecule has 0 spiro atoms. The molecule has 2 rings (SSSR count). The largest absolute Gasteiger partial charge is 0.375 e. The maximum Gasteiger partial charge on any atom is 0.0594 e. The highest BCUT2D eigenvalue weighted by atomic mass is 16.5. The Bertz CT molecular complexity index is 103. The van der Waals surface area contributed by atoms with Crippen LogP contribution in [-0.2, 0) is 4.74 Å². The van der Waals surface area contributed by atoms with E-state index in [0.717, 1.165) is 12.8 Å². The predicted octanol–water partition coefficient (Wildman–Crippen LogP) is 0.655. The average molecular weight is 127 g/mol. The summed E-state index contributed by atoms with van der Waals surface area (Å²) >= 11 is 0. The minimum Gasteiger partial charge on any atom is -0.375 e. The molecule has 0 aromatic rings. The first-order valence-corrected chi connectivity index (χ1v) is 3.75. The molecule has 2 aliphatic rings. The monoisotopic (exact) mass is 127 g/mol. The quantitative estimate of drug-likeness (QED) is 0.518. The average Bonchev–Trinajstić information content (AvgIpc) is 2.11. The summed E-state index contributed by atoms with van der Waals surface area (Å²) in [5.41, 5.74) is 5.78. The lowest BCUT2D eigenvalue weighted by Crippen LogP contribution is -2.34. The summed E-state index contributed by atoms with van der Waals surface area (Å²) in [5, 5.41) is 0. The Kier molecular flexibility index (Phi) is 1.24. The third-order valence-electron chi connectivity index (χ3n) is 2.33. The molecule has 2 unspecified atom stereocenters. The first kappa shape index (κ1) is 5.69. The Hall–Kier alpha value is -0.0800. The molecule has 2 saturated heterocycles. The zero-order valence-electron chi connectivity index (χ0n) is 5.55. The van der Waals surface area contributed by atoms with Crippen molar-refractivity contribution in [1.29, 1.82) is 0 Å². The van der Waals surface area contributed by atoms with E-state index in [1.807, 2.05) is 0 Å². The fraction of sp³-hybridized carbons (Fsp3) is 1.00. The molecule has 2 heteroatoms. The van der Waals surface area contributed by atoms with Crippen LogP contribution in [0.2, 0.25) is 0 Å². The van der Waals surface area contributed by atoms with Crippen LogP contribution in [-0.4, -0.2) is 18.2 Å². The zero-order valence-corrected chi connectivity index (χ0v) is 5.55. The molecule has 0 amide bonds. The van der Waals surface area contributed by atoms with Crippen LogP contribution in [0.4, 0.5) is 0 Å². The molecule has 0 aliphatic carbocycles. The number of fused-ring (bicyclic) bond motifs is 2. The van der Waals surface area contributed by atoms with E-state index in [9.17, 15) is 0 Å². The molecular formula is C7H13NO. The van der Waals surface area contributed by atoms with Gasteiger partial charge in [0.15, 0.2) is 0 Å². The van der Waals surface area contributed by atoms with Gasteiger partial charge >= 0.3 is 0 Å². The molecule has 52 valence electrons. The van der Waals surface area contributed by atoms with Crippen molar-refractivity contribution >= 4 is 0 Å². The van der Waals surface area contributed by atoms with Crippen LogP contribution in [0.3, 0.4) is 0 Å². The van der Waals surface area contributed by atoms with Crippen molar-refractivity contribution in [3.05, 3.63) is 0 Å². The van der Waals surface area contributed by atoms with Crippen molar-refractivity contribution < 1.29 is 4.74 Å². The first-order valence-electron chi connectivity index (χ1n) is 3.75. The van der Waals surface area contributed by atoms with Crippen LogP contribution in [0.15, 0.2) is 0 Å². The van der Waals surface area contributed by atoms with Gasteiger partial charge in [-0.05, 0) is 25.7 Å². The van der Waals surface area contributed by atoms with E-state index in [1.54, 1.807) is 0 Å². The van der Waals surface area contributed by atoms with E-state index in [-0.39, 0.29) is 0 Å². The molecule has 2 N–H and O–H groups in total. The maximum absolute atomic E-state index is 5.78. The number of rotatable bonds is 0. The third-order valence-corrected chi connectivity index (χ3v) is 2.33. The van der Waals surface area contributed by atoms with Crippen molar-refractivity contribution in [2.75, 3.05) is 0 Å². The molecule has 0 radical (unpaired) electrons. The van der Waals surface area contributed by atoms with Gasteiger partial charge in [-0.1, -0.05) is 0 Å². The highest BCUT2D eigenvalue weighted by molar-refractivity contribution is 4.85. The van der Waals surface area contributed by atoms with E-state index in [0.29, 0.717) is 18.2 Å². The molecule has 2 fully saturated rings. The Morgan fingerprint density at radius 3 is 2.22 bits per heavy atom. The van der Waals surface area contributed by atoms with Gasteiger partial charge in [0, 0.05) is 6.04 Å². The van der Waals surface area contributed by atoms with Gasteiger partial charge in [-0.25, -0.2) is 0 Å². The fourth-order valence-corrected chi connectivity index (χ4v) is 1.90. The van der Waals surface area contributed by atoms with E-state index in [1.165, 1.54) is 12.8 Å². The van der Waals surface area contributed by atoms with Crippen LogP contribution in [0, 0.1) is 0 Å². The topological polar surface area (TPSA) is 35.2 Å². The second kappa shape index (κ2) is 1.96. The van der Waals surface area contributed by atoms with E-state index < -0.39 is 0 Å².